The van der Waals surface area contributed by atoms with Crippen LogP contribution in [0.2, 0.25) is 5.02 Å². The molecule has 4 heteroatoms. The number of hydrogen-bond acceptors (Lipinski definition) is 2. The zero-order chi connectivity index (χ0) is 12.3. The molecular weight excluding hydrogens is 239 g/mol. The van der Waals surface area contributed by atoms with E-state index in [0.717, 1.165) is 25.2 Å². The third-order valence-corrected chi connectivity index (χ3v) is 3.76. The normalized spacial score (nSPS) is 21.7. The van der Waals surface area contributed by atoms with Gasteiger partial charge in [-0.1, -0.05) is 23.7 Å². The molecule has 1 atom stereocenters. The number of halogens is 2. The molecule has 94 valence electrons. The van der Waals surface area contributed by atoms with Gasteiger partial charge < -0.3 is 5.32 Å². The fourth-order valence-electron chi connectivity index (χ4n) is 2.35. The van der Waals surface area contributed by atoms with E-state index < -0.39 is 0 Å². The highest BCUT2D eigenvalue weighted by Gasteiger charge is 2.19. The van der Waals surface area contributed by atoms with Crippen molar-refractivity contribution in [3.8, 4) is 0 Å². The van der Waals surface area contributed by atoms with E-state index in [1.165, 1.54) is 18.9 Å². The number of nitrogens with zero attached hydrogens (tertiary/aromatic N) is 1. The van der Waals surface area contributed by atoms with Gasteiger partial charge in [0.25, 0.3) is 0 Å². The Kier molecular flexibility index (Phi) is 4.37. The molecule has 0 amide bonds. The van der Waals surface area contributed by atoms with Crippen LogP contribution in [-0.4, -0.2) is 31.1 Å². The summed E-state index contributed by atoms with van der Waals surface area (Å²) in [5.41, 5.74) is 0.878. The minimum atomic E-state index is -0.327. The Morgan fingerprint density at radius 1 is 1.53 bits per heavy atom. The van der Waals surface area contributed by atoms with E-state index in [2.05, 4.69) is 10.2 Å². The molecule has 0 bridgehead atoms. The SMILES string of the molecule is CNC1CCCN(Cc2cccc(F)c2Cl)C1. The van der Waals surface area contributed by atoms with E-state index in [1.807, 2.05) is 13.1 Å². The van der Waals surface area contributed by atoms with E-state index in [0.29, 0.717) is 6.04 Å². The van der Waals surface area contributed by atoms with E-state index in [-0.39, 0.29) is 10.8 Å². The topological polar surface area (TPSA) is 15.3 Å². The van der Waals surface area contributed by atoms with Gasteiger partial charge in [0.2, 0.25) is 0 Å². The molecule has 1 aliphatic heterocycles. The van der Waals surface area contributed by atoms with Crippen LogP contribution in [0.4, 0.5) is 4.39 Å². The molecule has 0 saturated carbocycles. The number of nitrogens with one attached hydrogen (secondary N) is 1. The summed E-state index contributed by atoms with van der Waals surface area (Å²) in [7, 11) is 1.99. The Balaban J connectivity index is 2.02. The first-order valence-electron chi connectivity index (χ1n) is 6.03. The fourth-order valence-corrected chi connectivity index (χ4v) is 2.53. The van der Waals surface area contributed by atoms with Crippen molar-refractivity contribution in [2.45, 2.75) is 25.4 Å². The van der Waals surface area contributed by atoms with Gasteiger partial charge in [0.05, 0.1) is 5.02 Å². The number of piperidine rings is 1. The van der Waals surface area contributed by atoms with Crippen molar-refractivity contribution in [1.82, 2.24) is 10.2 Å². The minimum absolute atomic E-state index is 0.263. The molecule has 0 aromatic heterocycles. The summed E-state index contributed by atoms with van der Waals surface area (Å²) in [5, 5.41) is 3.56. The van der Waals surface area contributed by atoms with Crippen molar-refractivity contribution in [3.05, 3.63) is 34.6 Å². The standard InChI is InChI=1S/C13H18ClFN2/c1-16-11-5-3-7-17(9-11)8-10-4-2-6-12(15)13(10)14/h2,4,6,11,16H,3,5,7-9H2,1H3. The van der Waals surface area contributed by atoms with E-state index in [9.17, 15) is 4.39 Å². The summed E-state index contributed by atoms with van der Waals surface area (Å²) < 4.78 is 13.3. The average Bonchev–Trinajstić information content (AvgIpc) is 2.35. The van der Waals surface area contributed by atoms with Gasteiger partial charge in [-0.25, -0.2) is 4.39 Å². The maximum Gasteiger partial charge on any atom is 0.142 e. The van der Waals surface area contributed by atoms with Gasteiger partial charge in [-0.3, -0.25) is 4.90 Å². The van der Waals surface area contributed by atoms with Crippen LogP contribution < -0.4 is 5.32 Å². The number of benzene rings is 1. The monoisotopic (exact) mass is 256 g/mol. The highest BCUT2D eigenvalue weighted by Crippen LogP contribution is 2.22. The molecule has 2 rings (SSSR count). The lowest BCUT2D eigenvalue weighted by Crippen LogP contribution is -2.43. The predicted molar refractivity (Wildman–Crippen MR) is 68.8 cm³/mol. The lowest BCUT2D eigenvalue weighted by Gasteiger charge is -2.32. The van der Waals surface area contributed by atoms with Crippen molar-refractivity contribution in [2.75, 3.05) is 20.1 Å². The van der Waals surface area contributed by atoms with Crippen LogP contribution in [0.1, 0.15) is 18.4 Å². The second-order valence-electron chi connectivity index (χ2n) is 4.58. The summed E-state index contributed by atoms with van der Waals surface area (Å²) in [6.07, 6.45) is 2.39. The summed E-state index contributed by atoms with van der Waals surface area (Å²) in [4.78, 5) is 2.32. The van der Waals surface area contributed by atoms with Crippen LogP contribution in [-0.2, 0) is 6.54 Å². The first-order chi connectivity index (χ1) is 8.20. The lowest BCUT2D eigenvalue weighted by molar-refractivity contribution is 0.188. The first-order valence-corrected chi connectivity index (χ1v) is 6.41. The van der Waals surface area contributed by atoms with Gasteiger partial charge in [0, 0.05) is 19.1 Å². The molecule has 1 saturated heterocycles. The molecule has 1 aliphatic rings. The van der Waals surface area contributed by atoms with Crippen LogP contribution >= 0.6 is 11.6 Å². The van der Waals surface area contributed by atoms with Gasteiger partial charge in [-0.05, 0) is 38.1 Å². The van der Waals surface area contributed by atoms with Gasteiger partial charge >= 0.3 is 0 Å². The van der Waals surface area contributed by atoms with Crippen LogP contribution in [0.3, 0.4) is 0 Å². The zero-order valence-corrected chi connectivity index (χ0v) is 10.8. The predicted octanol–water partition coefficient (Wildman–Crippen LogP) is 2.66. The average molecular weight is 257 g/mol. The molecule has 1 N–H and O–H groups in total. The number of likely N-dealkylation sites (N-methyl/N-ethyl adjacent to an activating group) is 1. The van der Waals surface area contributed by atoms with Gasteiger partial charge in [-0.15, -0.1) is 0 Å². The Labute approximate surface area is 107 Å². The van der Waals surface area contributed by atoms with Crippen LogP contribution in [0.15, 0.2) is 18.2 Å². The van der Waals surface area contributed by atoms with Crippen molar-refractivity contribution in [2.24, 2.45) is 0 Å². The number of hydrogen-bond donors (Lipinski definition) is 1. The van der Waals surface area contributed by atoms with Crippen LogP contribution in [0.25, 0.3) is 0 Å². The third-order valence-electron chi connectivity index (χ3n) is 3.34. The zero-order valence-electron chi connectivity index (χ0n) is 10.0. The van der Waals surface area contributed by atoms with E-state index >= 15 is 0 Å². The van der Waals surface area contributed by atoms with Gasteiger partial charge in [-0.2, -0.15) is 0 Å². The summed E-state index contributed by atoms with van der Waals surface area (Å²) in [6.45, 7) is 2.79. The Hall–Kier alpha value is -0.640. The van der Waals surface area contributed by atoms with E-state index in [1.54, 1.807) is 6.07 Å². The molecule has 0 radical (unpaired) electrons. The Bertz CT molecular complexity index is 384. The van der Waals surface area contributed by atoms with Crippen molar-refractivity contribution in [3.63, 3.8) is 0 Å². The highest BCUT2D eigenvalue weighted by molar-refractivity contribution is 6.31. The van der Waals surface area contributed by atoms with Crippen molar-refractivity contribution < 1.29 is 4.39 Å². The fraction of sp³-hybridized carbons (Fsp3) is 0.538. The van der Waals surface area contributed by atoms with Crippen LogP contribution in [0.5, 0.6) is 0 Å². The molecule has 1 aromatic rings. The second kappa shape index (κ2) is 5.80. The van der Waals surface area contributed by atoms with E-state index in [4.69, 9.17) is 11.6 Å². The summed E-state index contributed by atoms with van der Waals surface area (Å²) in [5.74, 6) is -0.327. The van der Waals surface area contributed by atoms with Crippen molar-refractivity contribution in [1.29, 1.82) is 0 Å². The smallest absolute Gasteiger partial charge is 0.142 e. The minimum Gasteiger partial charge on any atom is -0.316 e. The Morgan fingerprint density at radius 2 is 2.35 bits per heavy atom. The van der Waals surface area contributed by atoms with Gasteiger partial charge in [0.1, 0.15) is 5.82 Å². The highest BCUT2D eigenvalue weighted by atomic mass is 35.5. The maximum absolute atomic E-state index is 13.3. The molecule has 2 nitrogen and oxygen atoms in total. The second-order valence-corrected chi connectivity index (χ2v) is 4.95. The molecule has 0 spiro atoms. The molecule has 0 aliphatic carbocycles. The molecule has 1 fully saturated rings. The van der Waals surface area contributed by atoms with Gasteiger partial charge in [0.15, 0.2) is 0 Å². The quantitative estimate of drug-likeness (QED) is 0.895. The Morgan fingerprint density at radius 3 is 3.12 bits per heavy atom. The lowest BCUT2D eigenvalue weighted by atomic mass is 10.1. The molecule has 1 unspecified atom stereocenters. The molecular formula is C13H18ClFN2. The molecule has 1 heterocycles. The maximum atomic E-state index is 13.3. The molecule has 1 aromatic carbocycles. The van der Waals surface area contributed by atoms with Crippen LogP contribution in [0, 0.1) is 5.82 Å². The number of rotatable bonds is 3. The summed E-state index contributed by atoms with van der Waals surface area (Å²) >= 11 is 5.97. The number of likely N-dealkylation sites (tertiary alicyclic amines) is 1. The first kappa shape index (κ1) is 12.8. The largest absolute Gasteiger partial charge is 0.316 e. The third kappa shape index (κ3) is 3.18. The molecule has 17 heavy (non-hydrogen) atoms. The summed E-state index contributed by atoms with van der Waals surface area (Å²) in [6, 6.07) is 5.55. The van der Waals surface area contributed by atoms with Crippen molar-refractivity contribution >= 4 is 11.6 Å².